The molecule has 2 atom stereocenters. The van der Waals surface area contributed by atoms with E-state index in [1.54, 1.807) is 0 Å². The van der Waals surface area contributed by atoms with Crippen molar-refractivity contribution < 1.29 is 13.9 Å². The van der Waals surface area contributed by atoms with Crippen molar-refractivity contribution in [1.82, 2.24) is 5.32 Å². The Morgan fingerprint density at radius 1 is 1.47 bits per heavy atom. The number of hydrogen-bond donors (Lipinski definition) is 1. The molecule has 96 valence electrons. The topological polar surface area (TPSA) is 51.5 Å². The van der Waals surface area contributed by atoms with Crippen LogP contribution in [0.1, 0.15) is 43.4 Å². The SMILES string of the molecule is COC(=O)CC(C)NC(C)c1cc(C)oc1C. The van der Waals surface area contributed by atoms with E-state index < -0.39 is 0 Å². The first-order valence-electron chi connectivity index (χ1n) is 5.83. The zero-order chi connectivity index (χ0) is 13.0. The average molecular weight is 239 g/mol. The maximum atomic E-state index is 11.1. The normalized spacial score (nSPS) is 14.4. The summed E-state index contributed by atoms with van der Waals surface area (Å²) in [6, 6.07) is 2.26. The predicted molar refractivity (Wildman–Crippen MR) is 65.8 cm³/mol. The van der Waals surface area contributed by atoms with E-state index in [9.17, 15) is 4.79 Å². The average Bonchev–Trinajstić information content (AvgIpc) is 2.57. The highest BCUT2D eigenvalue weighted by atomic mass is 16.5. The monoisotopic (exact) mass is 239 g/mol. The molecule has 4 heteroatoms. The summed E-state index contributed by atoms with van der Waals surface area (Å²) in [5.74, 6) is 1.64. The Morgan fingerprint density at radius 3 is 2.59 bits per heavy atom. The molecule has 0 aliphatic rings. The van der Waals surface area contributed by atoms with Crippen LogP contribution in [0.25, 0.3) is 0 Å². The number of rotatable bonds is 5. The van der Waals surface area contributed by atoms with Crippen LogP contribution >= 0.6 is 0 Å². The summed E-state index contributed by atoms with van der Waals surface area (Å²) in [5.41, 5.74) is 1.14. The van der Waals surface area contributed by atoms with Gasteiger partial charge < -0.3 is 14.5 Å². The number of nitrogens with one attached hydrogen (secondary N) is 1. The van der Waals surface area contributed by atoms with Gasteiger partial charge in [-0.2, -0.15) is 0 Å². The Bertz CT molecular complexity index is 384. The molecule has 0 amide bonds. The van der Waals surface area contributed by atoms with Gasteiger partial charge in [0.1, 0.15) is 11.5 Å². The number of esters is 1. The molecule has 0 saturated carbocycles. The first kappa shape index (κ1) is 13.8. The van der Waals surface area contributed by atoms with E-state index in [0.29, 0.717) is 6.42 Å². The molecule has 1 heterocycles. The highest BCUT2D eigenvalue weighted by Gasteiger charge is 2.16. The zero-order valence-electron chi connectivity index (χ0n) is 11.2. The molecule has 0 aliphatic carbocycles. The summed E-state index contributed by atoms with van der Waals surface area (Å²) in [6.07, 6.45) is 0.372. The van der Waals surface area contributed by atoms with Crippen molar-refractivity contribution in [3.63, 3.8) is 0 Å². The van der Waals surface area contributed by atoms with Crippen LogP contribution in [0.4, 0.5) is 0 Å². The van der Waals surface area contributed by atoms with Crippen LogP contribution in [-0.2, 0) is 9.53 Å². The lowest BCUT2D eigenvalue weighted by molar-refractivity contribution is -0.141. The third kappa shape index (κ3) is 3.89. The lowest BCUT2D eigenvalue weighted by Crippen LogP contribution is -2.31. The minimum atomic E-state index is -0.197. The van der Waals surface area contributed by atoms with Gasteiger partial charge in [0.25, 0.3) is 0 Å². The van der Waals surface area contributed by atoms with E-state index in [1.165, 1.54) is 7.11 Å². The fourth-order valence-corrected chi connectivity index (χ4v) is 1.99. The second-order valence-electron chi connectivity index (χ2n) is 4.44. The van der Waals surface area contributed by atoms with Gasteiger partial charge in [-0.15, -0.1) is 0 Å². The Labute approximate surface area is 102 Å². The van der Waals surface area contributed by atoms with Gasteiger partial charge in [-0.25, -0.2) is 0 Å². The van der Waals surface area contributed by atoms with Crippen molar-refractivity contribution in [1.29, 1.82) is 0 Å². The summed E-state index contributed by atoms with van der Waals surface area (Å²) in [5, 5.41) is 3.35. The molecule has 0 radical (unpaired) electrons. The predicted octanol–water partition coefficient (Wildman–Crippen LogP) is 2.50. The summed E-state index contributed by atoms with van der Waals surface area (Å²) in [7, 11) is 1.40. The maximum Gasteiger partial charge on any atom is 0.307 e. The number of hydrogen-bond acceptors (Lipinski definition) is 4. The van der Waals surface area contributed by atoms with Crippen LogP contribution in [0.15, 0.2) is 10.5 Å². The molecule has 1 aromatic rings. The van der Waals surface area contributed by atoms with E-state index in [1.807, 2.05) is 26.8 Å². The maximum absolute atomic E-state index is 11.1. The summed E-state index contributed by atoms with van der Waals surface area (Å²) >= 11 is 0. The van der Waals surface area contributed by atoms with Crippen LogP contribution in [0.5, 0.6) is 0 Å². The largest absolute Gasteiger partial charge is 0.469 e. The van der Waals surface area contributed by atoms with Crippen molar-refractivity contribution >= 4 is 5.97 Å². The Kier molecular flexibility index (Phi) is 4.75. The quantitative estimate of drug-likeness (QED) is 0.802. The molecule has 2 unspecified atom stereocenters. The van der Waals surface area contributed by atoms with E-state index in [-0.39, 0.29) is 18.1 Å². The van der Waals surface area contributed by atoms with E-state index in [4.69, 9.17) is 4.42 Å². The van der Waals surface area contributed by atoms with Crippen molar-refractivity contribution in [2.24, 2.45) is 0 Å². The Hall–Kier alpha value is -1.29. The van der Waals surface area contributed by atoms with E-state index >= 15 is 0 Å². The first-order valence-corrected chi connectivity index (χ1v) is 5.83. The third-order valence-electron chi connectivity index (χ3n) is 2.78. The van der Waals surface area contributed by atoms with Crippen molar-refractivity contribution in [3.05, 3.63) is 23.2 Å². The minimum Gasteiger partial charge on any atom is -0.469 e. The molecule has 17 heavy (non-hydrogen) atoms. The van der Waals surface area contributed by atoms with Crippen molar-refractivity contribution in [3.8, 4) is 0 Å². The van der Waals surface area contributed by atoms with E-state index in [2.05, 4.69) is 17.0 Å². The zero-order valence-corrected chi connectivity index (χ0v) is 11.2. The van der Waals surface area contributed by atoms with Gasteiger partial charge in [-0.3, -0.25) is 4.79 Å². The van der Waals surface area contributed by atoms with E-state index in [0.717, 1.165) is 17.1 Å². The van der Waals surface area contributed by atoms with Crippen LogP contribution < -0.4 is 5.32 Å². The summed E-state index contributed by atoms with van der Waals surface area (Å²) in [4.78, 5) is 11.1. The number of ether oxygens (including phenoxy) is 1. The van der Waals surface area contributed by atoms with Crippen LogP contribution in [-0.4, -0.2) is 19.1 Å². The molecule has 4 nitrogen and oxygen atoms in total. The standard InChI is InChI=1S/C13H21NO3/c1-8(6-13(15)16-5)14-10(3)12-7-9(2)17-11(12)4/h7-8,10,14H,6H2,1-5H3. The molecule has 0 bridgehead atoms. The van der Waals surface area contributed by atoms with Crippen LogP contribution in [0, 0.1) is 13.8 Å². The number of methoxy groups -OCH3 is 1. The lowest BCUT2D eigenvalue weighted by atomic mass is 10.1. The van der Waals surface area contributed by atoms with Gasteiger partial charge in [-0.1, -0.05) is 0 Å². The molecule has 1 N–H and O–H groups in total. The Morgan fingerprint density at radius 2 is 2.12 bits per heavy atom. The third-order valence-corrected chi connectivity index (χ3v) is 2.78. The van der Waals surface area contributed by atoms with Gasteiger partial charge in [0.15, 0.2) is 0 Å². The van der Waals surface area contributed by atoms with Gasteiger partial charge in [-0.05, 0) is 33.8 Å². The summed E-state index contributed by atoms with van der Waals surface area (Å²) < 4.78 is 10.1. The number of aryl methyl sites for hydroxylation is 2. The smallest absolute Gasteiger partial charge is 0.307 e. The fraction of sp³-hybridized carbons (Fsp3) is 0.615. The first-order chi connectivity index (χ1) is 7.93. The summed E-state index contributed by atoms with van der Waals surface area (Å²) in [6.45, 7) is 7.91. The van der Waals surface area contributed by atoms with Crippen LogP contribution in [0.2, 0.25) is 0 Å². The lowest BCUT2D eigenvalue weighted by Gasteiger charge is -2.18. The van der Waals surface area contributed by atoms with Crippen molar-refractivity contribution in [2.45, 2.75) is 46.2 Å². The molecule has 0 saturated heterocycles. The second-order valence-corrected chi connectivity index (χ2v) is 4.44. The molecule has 1 rings (SSSR count). The fourth-order valence-electron chi connectivity index (χ4n) is 1.99. The van der Waals surface area contributed by atoms with Gasteiger partial charge >= 0.3 is 5.97 Å². The highest BCUT2D eigenvalue weighted by molar-refractivity contribution is 5.69. The van der Waals surface area contributed by atoms with Crippen molar-refractivity contribution in [2.75, 3.05) is 7.11 Å². The molecule has 0 spiro atoms. The Balaban J connectivity index is 2.57. The molecular weight excluding hydrogens is 218 g/mol. The van der Waals surface area contributed by atoms with Gasteiger partial charge in [0.05, 0.1) is 13.5 Å². The molecule has 0 fully saturated rings. The number of furan rings is 1. The number of carbonyl (C=O) groups is 1. The minimum absolute atomic E-state index is 0.0760. The highest BCUT2D eigenvalue weighted by Crippen LogP contribution is 2.21. The van der Waals surface area contributed by atoms with Crippen LogP contribution in [0.3, 0.4) is 0 Å². The molecule has 0 aliphatic heterocycles. The second kappa shape index (κ2) is 5.87. The molecule has 0 aromatic carbocycles. The van der Waals surface area contributed by atoms with Gasteiger partial charge in [0.2, 0.25) is 0 Å². The molecule has 1 aromatic heterocycles. The van der Waals surface area contributed by atoms with Gasteiger partial charge in [0, 0.05) is 17.6 Å². The number of carbonyl (C=O) groups excluding carboxylic acids is 1. The molecular formula is C13H21NO3.